The zero-order valence-electron chi connectivity index (χ0n) is 20.3. The molecule has 0 unspecified atom stereocenters. The largest absolute Gasteiger partial charge is 0.488 e. The number of rotatable bonds is 7. The lowest BCUT2D eigenvalue weighted by Crippen LogP contribution is -2.25. The molecule has 38 heavy (non-hydrogen) atoms. The first-order chi connectivity index (χ1) is 18.4. The summed E-state index contributed by atoms with van der Waals surface area (Å²) in [5, 5.41) is 16.0. The van der Waals surface area contributed by atoms with Crippen molar-refractivity contribution in [3.63, 3.8) is 0 Å². The van der Waals surface area contributed by atoms with Crippen molar-refractivity contribution in [2.75, 3.05) is 0 Å². The summed E-state index contributed by atoms with van der Waals surface area (Å²) in [5.74, 6) is 1.53. The Balaban J connectivity index is 1.39. The molecule has 0 radical (unpaired) electrons. The summed E-state index contributed by atoms with van der Waals surface area (Å²) in [5.41, 5.74) is 2.14. The second-order valence-electron chi connectivity index (χ2n) is 9.23. The predicted molar refractivity (Wildman–Crippen MR) is 154 cm³/mol. The Bertz CT molecular complexity index is 1580. The van der Waals surface area contributed by atoms with Gasteiger partial charge in [-0.25, -0.2) is 4.98 Å². The summed E-state index contributed by atoms with van der Waals surface area (Å²) < 4.78 is 8.89. The van der Waals surface area contributed by atoms with Gasteiger partial charge in [-0.1, -0.05) is 35.2 Å². The Kier molecular flexibility index (Phi) is 7.99. The molecule has 10 heteroatoms. The maximum absolute atomic E-state index is 13.5. The van der Waals surface area contributed by atoms with Crippen LogP contribution in [-0.2, 0) is 6.61 Å². The summed E-state index contributed by atoms with van der Waals surface area (Å²) in [6.45, 7) is 0.266. The summed E-state index contributed by atoms with van der Waals surface area (Å²) in [6.07, 6.45) is 7.10. The number of fused-ring (bicyclic) bond motifs is 1. The molecule has 1 aliphatic carbocycles. The van der Waals surface area contributed by atoms with E-state index in [1.165, 1.54) is 23.2 Å². The number of ether oxygens (including phenoxy) is 1. The number of nitro benzene ring substituents is 1. The third-order valence-electron chi connectivity index (χ3n) is 6.62. The van der Waals surface area contributed by atoms with Gasteiger partial charge in [0.1, 0.15) is 18.2 Å². The smallest absolute Gasteiger partial charge is 0.282 e. The van der Waals surface area contributed by atoms with Crippen LogP contribution in [0.3, 0.4) is 0 Å². The standard InChI is InChI=1S/C28H24Br2N4O4/c29-21-9-12-25-23(15-21)28(35)33(27(32-25)20-4-2-1-3-5-20)31-16-19-8-13-26(24(30)14-19)38-17-18-6-10-22(11-7-18)34(36)37/h6-16,20H,1-5,17H2. The van der Waals surface area contributed by atoms with Crippen LogP contribution in [0, 0.1) is 10.1 Å². The fourth-order valence-electron chi connectivity index (χ4n) is 4.62. The van der Waals surface area contributed by atoms with Gasteiger partial charge in [-0.05, 0) is 88.4 Å². The number of hydrogen-bond donors (Lipinski definition) is 0. The number of hydrogen-bond acceptors (Lipinski definition) is 6. The highest BCUT2D eigenvalue weighted by atomic mass is 79.9. The van der Waals surface area contributed by atoms with Crippen molar-refractivity contribution >= 4 is 54.7 Å². The van der Waals surface area contributed by atoms with E-state index >= 15 is 0 Å². The zero-order valence-corrected chi connectivity index (χ0v) is 23.5. The van der Waals surface area contributed by atoms with E-state index in [2.05, 4.69) is 37.0 Å². The Morgan fingerprint density at radius 1 is 1.05 bits per heavy atom. The van der Waals surface area contributed by atoms with Gasteiger partial charge in [-0.15, -0.1) is 0 Å². The Morgan fingerprint density at radius 3 is 2.53 bits per heavy atom. The van der Waals surface area contributed by atoms with Crippen molar-refractivity contribution in [3.8, 4) is 5.75 Å². The first-order valence-electron chi connectivity index (χ1n) is 12.3. The second kappa shape index (κ2) is 11.6. The molecule has 194 valence electrons. The summed E-state index contributed by atoms with van der Waals surface area (Å²) in [6, 6.07) is 17.3. The molecule has 5 rings (SSSR count). The molecule has 1 aromatic heterocycles. The monoisotopic (exact) mass is 638 g/mol. The molecule has 1 fully saturated rings. The number of aromatic nitrogens is 2. The predicted octanol–water partition coefficient (Wildman–Crippen LogP) is 7.34. The van der Waals surface area contributed by atoms with E-state index in [9.17, 15) is 14.9 Å². The molecule has 1 heterocycles. The third-order valence-corrected chi connectivity index (χ3v) is 7.74. The van der Waals surface area contributed by atoms with Crippen LogP contribution in [0.4, 0.5) is 5.69 Å². The quantitative estimate of drug-likeness (QED) is 0.120. The molecule has 0 bridgehead atoms. The highest BCUT2D eigenvalue weighted by Gasteiger charge is 2.22. The van der Waals surface area contributed by atoms with Crippen LogP contribution in [-0.4, -0.2) is 20.8 Å². The Hall–Kier alpha value is -3.37. The molecule has 0 spiro atoms. The SMILES string of the molecule is O=c1c2cc(Br)ccc2nc(C2CCCCC2)n1N=Cc1ccc(OCc2ccc([N+](=O)[O-])cc2)c(Br)c1. The highest BCUT2D eigenvalue weighted by Crippen LogP contribution is 2.32. The fraction of sp³-hybridized carbons (Fsp3) is 0.250. The Morgan fingerprint density at radius 2 is 1.82 bits per heavy atom. The van der Waals surface area contributed by atoms with E-state index in [1.54, 1.807) is 24.4 Å². The van der Waals surface area contributed by atoms with Crippen molar-refractivity contribution in [1.82, 2.24) is 9.66 Å². The minimum absolute atomic E-state index is 0.0403. The van der Waals surface area contributed by atoms with E-state index < -0.39 is 4.92 Å². The van der Waals surface area contributed by atoms with E-state index in [0.29, 0.717) is 22.5 Å². The van der Waals surface area contributed by atoms with Gasteiger partial charge in [0.05, 0.1) is 26.5 Å². The fourth-order valence-corrected chi connectivity index (χ4v) is 5.49. The van der Waals surface area contributed by atoms with Gasteiger partial charge in [0.25, 0.3) is 11.2 Å². The lowest BCUT2D eigenvalue weighted by molar-refractivity contribution is -0.384. The molecular weight excluding hydrogens is 616 g/mol. The van der Waals surface area contributed by atoms with E-state index in [4.69, 9.17) is 9.72 Å². The minimum Gasteiger partial charge on any atom is -0.488 e. The number of halogens is 2. The summed E-state index contributed by atoms with van der Waals surface area (Å²) in [4.78, 5) is 28.8. The lowest BCUT2D eigenvalue weighted by Gasteiger charge is -2.22. The number of nitrogens with zero attached hydrogens (tertiary/aromatic N) is 4. The highest BCUT2D eigenvalue weighted by molar-refractivity contribution is 9.10. The van der Waals surface area contributed by atoms with Gasteiger partial charge in [-0.2, -0.15) is 9.78 Å². The van der Waals surface area contributed by atoms with Crippen LogP contribution in [0.15, 0.2) is 79.5 Å². The van der Waals surface area contributed by atoms with Gasteiger partial charge in [0, 0.05) is 22.5 Å². The molecule has 0 atom stereocenters. The molecule has 0 saturated heterocycles. The normalized spacial score (nSPS) is 14.3. The third kappa shape index (κ3) is 5.86. The molecule has 1 saturated carbocycles. The molecular formula is C28H24Br2N4O4. The minimum atomic E-state index is -0.430. The van der Waals surface area contributed by atoms with Crippen molar-refractivity contribution in [2.24, 2.45) is 5.10 Å². The van der Waals surface area contributed by atoms with Crippen LogP contribution in [0.2, 0.25) is 0 Å². The first kappa shape index (κ1) is 26.2. The van der Waals surface area contributed by atoms with Crippen molar-refractivity contribution in [1.29, 1.82) is 0 Å². The maximum Gasteiger partial charge on any atom is 0.282 e. The van der Waals surface area contributed by atoms with Gasteiger partial charge in [-0.3, -0.25) is 14.9 Å². The van der Waals surface area contributed by atoms with Crippen LogP contribution < -0.4 is 10.3 Å². The van der Waals surface area contributed by atoms with Gasteiger partial charge < -0.3 is 4.74 Å². The lowest BCUT2D eigenvalue weighted by atomic mass is 9.88. The van der Waals surface area contributed by atoms with E-state index in [1.807, 2.05) is 30.3 Å². The summed E-state index contributed by atoms with van der Waals surface area (Å²) in [7, 11) is 0. The number of non-ortho nitro benzene ring substituents is 1. The zero-order chi connectivity index (χ0) is 26.6. The topological polar surface area (TPSA) is 99.6 Å². The molecule has 0 N–H and O–H groups in total. The molecule has 0 amide bonds. The van der Waals surface area contributed by atoms with Crippen LogP contribution in [0.25, 0.3) is 10.9 Å². The van der Waals surface area contributed by atoms with E-state index in [0.717, 1.165) is 45.8 Å². The molecule has 3 aromatic carbocycles. The average Bonchev–Trinajstić information content (AvgIpc) is 2.93. The molecule has 8 nitrogen and oxygen atoms in total. The summed E-state index contributed by atoms with van der Waals surface area (Å²) >= 11 is 7.00. The van der Waals surface area contributed by atoms with Crippen LogP contribution in [0.1, 0.15) is 55.0 Å². The van der Waals surface area contributed by atoms with Crippen molar-refractivity contribution in [2.45, 2.75) is 44.6 Å². The number of nitro groups is 1. The molecule has 4 aromatic rings. The van der Waals surface area contributed by atoms with Crippen molar-refractivity contribution in [3.05, 3.63) is 107 Å². The average molecular weight is 640 g/mol. The van der Waals surface area contributed by atoms with E-state index in [-0.39, 0.29) is 23.8 Å². The van der Waals surface area contributed by atoms with Crippen LogP contribution >= 0.6 is 31.9 Å². The first-order valence-corrected chi connectivity index (χ1v) is 13.9. The second-order valence-corrected chi connectivity index (χ2v) is 11.0. The number of benzene rings is 3. The van der Waals surface area contributed by atoms with Gasteiger partial charge >= 0.3 is 0 Å². The van der Waals surface area contributed by atoms with Gasteiger partial charge in [0.2, 0.25) is 0 Å². The molecule has 1 aliphatic rings. The van der Waals surface area contributed by atoms with Crippen LogP contribution in [0.5, 0.6) is 5.75 Å². The van der Waals surface area contributed by atoms with Gasteiger partial charge in [0.15, 0.2) is 0 Å². The maximum atomic E-state index is 13.5. The molecule has 0 aliphatic heterocycles. The van der Waals surface area contributed by atoms with Crippen molar-refractivity contribution < 1.29 is 9.66 Å². The Labute approximate surface area is 235 Å².